The Bertz CT molecular complexity index is 397. The van der Waals surface area contributed by atoms with Crippen LogP contribution in [0.3, 0.4) is 0 Å². The zero-order valence-corrected chi connectivity index (χ0v) is 10.9. The van der Waals surface area contributed by atoms with E-state index >= 15 is 0 Å². The Hall–Kier alpha value is -0.630. The smallest absolute Gasteiger partial charge is 0.300 e. The van der Waals surface area contributed by atoms with E-state index in [0.29, 0.717) is 12.8 Å². The SMILES string of the molecule is CC(=O)C1CCN(S(=O)(=O)CCC(F)(F)F)CC1. The highest BCUT2D eigenvalue weighted by atomic mass is 32.2. The number of carbonyl (C=O) groups excluding carboxylic acids is 1. The van der Waals surface area contributed by atoms with Crippen LogP contribution < -0.4 is 0 Å². The van der Waals surface area contributed by atoms with Crippen molar-refractivity contribution in [3.63, 3.8) is 0 Å². The maximum Gasteiger partial charge on any atom is 0.390 e. The van der Waals surface area contributed by atoms with Crippen molar-refractivity contribution >= 4 is 15.8 Å². The second-order valence-electron chi connectivity index (χ2n) is 4.47. The van der Waals surface area contributed by atoms with Crippen molar-refractivity contribution in [2.75, 3.05) is 18.8 Å². The van der Waals surface area contributed by atoms with Gasteiger partial charge in [0.15, 0.2) is 0 Å². The van der Waals surface area contributed by atoms with Crippen molar-refractivity contribution in [3.05, 3.63) is 0 Å². The number of piperidine rings is 1. The third-order valence-corrected chi connectivity index (χ3v) is 4.94. The Labute approximate surface area is 104 Å². The summed E-state index contributed by atoms with van der Waals surface area (Å²) in [6.07, 6.45) is -5.02. The van der Waals surface area contributed by atoms with Crippen LogP contribution in [0.25, 0.3) is 0 Å². The molecule has 0 aromatic heterocycles. The van der Waals surface area contributed by atoms with Gasteiger partial charge < -0.3 is 0 Å². The van der Waals surface area contributed by atoms with Gasteiger partial charge in [-0.15, -0.1) is 0 Å². The zero-order chi connectivity index (χ0) is 14.0. The van der Waals surface area contributed by atoms with Crippen LogP contribution in [0.2, 0.25) is 0 Å². The molecule has 0 aromatic rings. The summed E-state index contributed by atoms with van der Waals surface area (Å²) in [6, 6.07) is 0. The van der Waals surface area contributed by atoms with Crippen molar-refractivity contribution < 1.29 is 26.4 Å². The molecule has 0 radical (unpaired) electrons. The average Bonchev–Trinajstić information content (AvgIpc) is 2.26. The fourth-order valence-electron chi connectivity index (χ4n) is 1.91. The molecule has 0 saturated carbocycles. The molecule has 4 nitrogen and oxygen atoms in total. The van der Waals surface area contributed by atoms with Gasteiger partial charge in [-0.25, -0.2) is 12.7 Å². The predicted molar refractivity (Wildman–Crippen MR) is 59.4 cm³/mol. The molecule has 0 N–H and O–H groups in total. The van der Waals surface area contributed by atoms with Crippen LogP contribution in [0.15, 0.2) is 0 Å². The third kappa shape index (κ3) is 4.56. The average molecular weight is 287 g/mol. The molecule has 0 bridgehead atoms. The standard InChI is InChI=1S/C10H16F3NO3S/c1-8(15)9-2-5-14(6-3-9)18(16,17)7-4-10(11,12)13/h9H,2-7H2,1H3. The quantitative estimate of drug-likeness (QED) is 0.788. The van der Waals surface area contributed by atoms with Crippen molar-refractivity contribution in [1.82, 2.24) is 4.31 Å². The Balaban J connectivity index is 2.53. The summed E-state index contributed by atoms with van der Waals surface area (Å²) in [5.74, 6) is -1.08. The molecule has 18 heavy (non-hydrogen) atoms. The van der Waals surface area contributed by atoms with Crippen LogP contribution in [-0.4, -0.2) is 43.5 Å². The minimum Gasteiger partial charge on any atom is -0.300 e. The van der Waals surface area contributed by atoms with Gasteiger partial charge in [-0.2, -0.15) is 13.2 Å². The molecule has 1 aliphatic heterocycles. The van der Waals surface area contributed by atoms with Crippen LogP contribution in [0.4, 0.5) is 13.2 Å². The lowest BCUT2D eigenvalue weighted by Crippen LogP contribution is -2.41. The number of Topliss-reactive ketones (excluding diaryl/α,β-unsaturated/α-hetero) is 1. The molecule has 0 aliphatic carbocycles. The number of nitrogens with zero attached hydrogens (tertiary/aromatic N) is 1. The van der Waals surface area contributed by atoms with Gasteiger partial charge in [0.25, 0.3) is 0 Å². The number of alkyl halides is 3. The van der Waals surface area contributed by atoms with E-state index in [0.717, 1.165) is 4.31 Å². The lowest BCUT2D eigenvalue weighted by atomic mass is 9.95. The lowest BCUT2D eigenvalue weighted by Gasteiger charge is -2.30. The van der Waals surface area contributed by atoms with Crippen LogP contribution in [0.1, 0.15) is 26.2 Å². The van der Waals surface area contributed by atoms with Gasteiger partial charge in [0, 0.05) is 19.0 Å². The normalized spacial score (nSPS) is 20.0. The molecule has 0 atom stereocenters. The highest BCUT2D eigenvalue weighted by Crippen LogP contribution is 2.24. The van der Waals surface area contributed by atoms with Gasteiger partial charge in [0.2, 0.25) is 10.0 Å². The van der Waals surface area contributed by atoms with Gasteiger partial charge in [-0.3, -0.25) is 4.79 Å². The monoisotopic (exact) mass is 287 g/mol. The van der Waals surface area contributed by atoms with E-state index < -0.39 is 28.4 Å². The maximum atomic E-state index is 12.0. The van der Waals surface area contributed by atoms with E-state index in [1.54, 1.807) is 0 Å². The van der Waals surface area contributed by atoms with Crippen LogP contribution >= 0.6 is 0 Å². The second-order valence-corrected chi connectivity index (χ2v) is 6.55. The summed E-state index contributed by atoms with van der Waals surface area (Å²) in [4.78, 5) is 11.1. The van der Waals surface area contributed by atoms with Crippen molar-refractivity contribution in [1.29, 1.82) is 0 Å². The van der Waals surface area contributed by atoms with Gasteiger partial charge >= 0.3 is 6.18 Å². The summed E-state index contributed by atoms with van der Waals surface area (Å²) in [5, 5.41) is 0. The Morgan fingerprint density at radius 1 is 1.28 bits per heavy atom. The zero-order valence-electron chi connectivity index (χ0n) is 10.0. The molecule has 8 heteroatoms. The highest BCUT2D eigenvalue weighted by molar-refractivity contribution is 7.89. The molecule has 1 heterocycles. The summed E-state index contributed by atoms with van der Waals surface area (Å²) < 4.78 is 60.3. The molecule has 1 aliphatic rings. The van der Waals surface area contributed by atoms with Crippen molar-refractivity contribution in [3.8, 4) is 0 Å². The fraction of sp³-hybridized carbons (Fsp3) is 0.900. The van der Waals surface area contributed by atoms with Gasteiger partial charge in [0.05, 0.1) is 12.2 Å². The van der Waals surface area contributed by atoms with Crippen molar-refractivity contribution in [2.24, 2.45) is 5.92 Å². The molecule has 106 valence electrons. The first-order valence-electron chi connectivity index (χ1n) is 5.67. The molecule has 0 spiro atoms. The van der Waals surface area contributed by atoms with Crippen LogP contribution in [0, 0.1) is 5.92 Å². The Kier molecular flexibility index (Phi) is 4.77. The Morgan fingerprint density at radius 3 is 2.17 bits per heavy atom. The molecule has 0 unspecified atom stereocenters. The molecule has 1 saturated heterocycles. The third-order valence-electron chi connectivity index (χ3n) is 3.07. The first-order chi connectivity index (χ1) is 8.12. The first kappa shape index (κ1) is 15.4. The minimum absolute atomic E-state index is 0.00217. The minimum atomic E-state index is -4.47. The van der Waals surface area contributed by atoms with E-state index in [9.17, 15) is 26.4 Å². The molecule has 1 fully saturated rings. The number of rotatable bonds is 4. The Morgan fingerprint density at radius 2 is 1.78 bits per heavy atom. The number of hydrogen-bond acceptors (Lipinski definition) is 3. The van der Waals surface area contributed by atoms with E-state index in [-0.39, 0.29) is 24.8 Å². The van der Waals surface area contributed by atoms with E-state index in [4.69, 9.17) is 0 Å². The van der Waals surface area contributed by atoms with Crippen molar-refractivity contribution in [2.45, 2.75) is 32.4 Å². The molecule has 0 aromatic carbocycles. The number of carbonyl (C=O) groups is 1. The molecular formula is C10H16F3NO3S. The second kappa shape index (κ2) is 5.56. The van der Waals surface area contributed by atoms with E-state index in [2.05, 4.69) is 0 Å². The summed E-state index contributed by atoms with van der Waals surface area (Å²) in [5.41, 5.74) is 0. The number of hydrogen-bond donors (Lipinski definition) is 0. The van der Waals surface area contributed by atoms with Gasteiger partial charge in [-0.05, 0) is 19.8 Å². The topological polar surface area (TPSA) is 54.5 Å². The maximum absolute atomic E-state index is 12.0. The largest absolute Gasteiger partial charge is 0.390 e. The van der Waals surface area contributed by atoms with Gasteiger partial charge in [-0.1, -0.05) is 0 Å². The van der Waals surface area contributed by atoms with Crippen LogP contribution in [-0.2, 0) is 14.8 Å². The number of halogens is 3. The summed E-state index contributed by atoms with van der Waals surface area (Å²) in [7, 11) is -3.86. The molecule has 1 rings (SSSR count). The molecular weight excluding hydrogens is 271 g/mol. The van der Waals surface area contributed by atoms with Crippen LogP contribution in [0.5, 0.6) is 0 Å². The fourth-order valence-corrected chi connectivity index (χ4v) is 3.43. The molecule has 0 amide bonds. The lowest BCUT2D eigenvalue weighted by molar-refractivity contribution is -0.130. The highest BCUT2D eigenvalue weighted by Gasteiger charge is 2.34. The first-order valence-corrected chi connectivity index (χ1v) is 7.28. The predicted octanol–water partition coefficient (Wildman–Crippen LogP) is 1.57. The number of sulfonamides is 1. The van der Waals surface area contributed by atoms with E-state index in [1.165, 1.54) is 6.92 Å². The van der Waals surface area contributed by atoms with E-state index in [1.807, 2.05) is 0 Å². The summed E-state index contributed by atoms with van der Waals surface area (Å²) >= 11 is 0. The summed E-state index contributed by atoms with van der Waals surface area (Å²) in [6.45, 7) is 1.70. The van der Waals surface area contributed by atoms with Gasteiger partial charge in [0.1, 0.15) is 5.78 Å². The number of ketones is 1.